The van der Waals surface area contributed by atoms with Crippen molar-refractivity contribution < 1.29 is 0 Å². The van der Waals surface area contributed by atoms with Crippen LogP contribution in [0, 0.1) is 5.92 Å². The summed E-state index contributed by atoms with van der Waals surface area (Å²) in [6, 6.07) is 2.57. The van der Waals surface area contributed by atoms with E-state index < -0.39 is 0 Å². The van der Waals surface area contributed by atoms with Crippen LogP contribution < -0.4 is 0 Å². The molecule has 1 aliphatic carbocycles. The smallest absolute Gasteiger partial charge is 0.0104 e. The highest BCUT2D eigenvalue weighted by Gasteiger charge is 2.43. The normalized spacial score (nSPS) is 44.2. The molecule has 1 nitrogen and oxygen atoms in total. The molecule has 2 fully saturated rings. The number of likely N-dealkylation sites (tertiary alicyclic amines) is 1. The van der Waals surface area contributed by atoms with Crippen molar-refractivity contribution in [2.24, 2.45) is 5.92 Å². The third-order valence-electron chi connectivity index (χ3n) is 3.62. The van der Waals surface area contributed by atoms with Crippen LogP contribution in [0.1, 0.15) is 40.0 Å². The molecule has 1 heteroatoms. The van der Waals surface area contributed by atoms with E-state index >= 15 is 0 Å². The maximum Gasteiger partial charge on any atom is 0.0104 e. The number of hydrogen-bond acceptors (Lipinski definition) is 1. The van der Waals surface area contributed by atoms with Crippen LogP contribution in [0.4, 0.5) is 0 Å². The van der Waals surface area contributed by atoms with Gasteiger partial charge in [-0.15, -0.1) is 0 Å². The highest BCUT2D eigenvalue weighted by Crippen LogP contribution is 2.42. The molecule has 2 rings (SSSR count). The largest absolute Gasteiger partial charge is 0.295 e. The number of fused-ring (bicyclic) bond motifs is 2. The summed E-state index contributed by atoms with van der Waals surface area (Å²) in [6.07, 6.45) is 4.45. The summed E-state index contributed by atoms with van der Waals surface area (Å²) < 4.78 is 0. The molecule has 0 radical (unpaired) electrons. The van der Waals surface area contributed by atoms with Crippen molar-refractivity contribution in [2.75, 3.05) is 0 Å². The Morgan fingerprint density at radius 3 is 2.36 bits per heavy atom. The van der Waals surface area contributed by atoms with E-state index in [1.165, 1.54) is 19.3 Å². The predicted octanol–water partition coefficient (Wildman–Crippen LogP) is 2.27. The second-order valence-electron chi connectivity index (χ2n) is 4.51. The molecular weight excluding hydrogens is 134 g/mol. The Balaban J connectivity index is 2.11. The second kappa shape index (κ2) is 2.48. The first kappa shape index (κ1) is 7.60. The standard InChI is InChI=1S/C10H19N/c1-7(2)11-8(3)9-4-5-10(11)6-9/h7-10H,4-6H2,1-3H3/t8-,9+,10-/m1/s1. The summed E-state index contributed by atoms with van der Waals surface area (Å²) in [4.78, 5) is 2.72. The fourth-order valence-electron chi connectivity index (χ4n) is 3.17. The Kier molecular flexibility index (Phi) is 1.71. The molecular formula is C10H19N. The Morgan fingerprint density at radius 1 is 1.27 bits per heavy atom. The molecule has 1 aliphatic heterocycles. The van der Waals surface area contributed by atoms with Crippen LogP contribution >= 0.6 is 0 Å². The molecule has 1 saturated carbocycles. The molecule has 0 aromatic carbocycles. The van der Waals surface area contributed by atoms with Gasteiger partial charge in [0, 0.05) is 18.1 Å². The lowest BCUT2D eigenvalue weighted by Gasteiger charge is -2.36. The van der Waals surface area contributed by atoms with Gasteiger partial charge in [-0.3, -0.25) is 4.90 Å². The highest BCUT2D eigenvalue weighted by atomic mass is 15.2. The minimum Gasteiger partial charge on any atom is -0.295 e. The molecule has 0 unspecified atom stereocenters. The maximum absolute atomic E-state index is 2.72. The SMILES string of the molecule is CC(C)N1[C@@H]2CC[C@@H](C2)[C@H]1C. The quantitative estimate of drug-likeness (QED) is 0.558. The van der Waals surface area contributed by atoms with Crippen LogP contribution in [-0.4, -0.2) is 23.0 Å². The van der Waals surface area contributed by atoms with Crippen LogP contribution in [0.5, 0.6) is 0 Å². The van der Waals surface area contributed by atoms with Crippen LogP contribution in [0.25, 0.3) is 0 Å². The molecule has 0 aromatic heterocycles. The Labute approximate surface area is 69.8 Å². The van der Waals surface area contributed by atoms with Gasteiger partial charge in [0.05, 0.1) is 0 Å². The van der Waals surface area contributed by atoms with E-state index in [0.29, 0.717) is 0 Å². The zero-order valence-electron chi connectivity index (χ0n) is 7.88. The van der Waals surface area contributed by atoms with Crippen molar-refractivity contribution in [3.63, 3.8) is 0 Å². The molecule has 0 spiro atoms. The maximum atomic E-state index is 2.72. The van der Waals surface area contributed by atoms with Gasteiger partial charge in [-0.05, 0) is 46.0 Å². The van der Waals surface area contributed by atoms with Gasteiger partial charge in [-0.1, -0.05) is 0 Å². The van der Waals surface area contributed by atoms with Crippen molar-refractivity contribution in [3.05, 3.63) is 0 Å². The first-order valence-electron chi connectivity index (χ1n) is 4.97. The van der Waals surface area contributed by atoms with Gasteiger partial charge < -0.3 is 0 Å². The van der Waals surface area contributed by atoms with Crippen molar-refractivity contribution in [1.82, 2.24) is 4.90 Å². The van der Waals surface area contributed by atoms with Crippen LogP contribution in [0.2, 0.25) is 0 Å². The summed E-state index contributed by atoms with van der Waals surface area (Å²) in [5, 5.41) is 0. The molecule has 2 bridgehead atoms. The Hall–Kier alpha value is -0.0400. The van der Waals surface area contributed by atoms with Gasteiger partial charge in [-0.2, -0.15) is 0 Å². The van der Waals surface area contributed by atoms with Gasteiger partial charge in [0.2, 0.25) is 0 Å². The van der Waals surface area contributed by atoms with E-state index in [1.807, 2.05) is 0 Å². The lowest BCUT2D eigenvalue weighted by molar-refractivity contribution is 0.114. The zero-order valence-corrected chi connectivity index (χ0v) is 7.88. The van der Waals surface area contributed by atoms with Gasteiger partial charge in [0.25, 0.3) is 0 Å². The summed E-state index contributed by atoms with van der Waals surface area (Å²) in [5.74, 6) is 1.03. The zero-order chi connectivity index (χ0) is 8.01. The second-order valence-corrected chi connectivity index (χ2v) is 4.51. The molecule has 64 valence electrons. The van der Waals surface area contributed by atoms with Crippen molar-refractivity contribution in [2.45, 2.75) is 58.2 Å². The van der Waals surface area contributed by atoms with Gasteiger partial charge >= 0.3 is 0 Å². The van der Waals surface area contributed by atoms with Crippen molar-refractivity contribution in [3.8, 4) is 0 Å². The van der Waals surface area contributed by atoms with E-state index in [1.54, 1.807) is 0 Å². The van der Waals surface area contributed by atoms with E-state index in [9.17, 15) is 0 Å². The summed E-state index contributed by atoms with van der Waals surface area (Å²) in [5.41, 5.74) is 0. The third kappa shape index (κ3) is 1.01. The van der Waals surface area contributed by atoms with Crippen molar-refractivity contribution >= 4 is 0 Å². The average Bonchev–Trinajstić information content (AvgIpc) is 2.44. The van der Waals surface area contributed by atoms with E-state index in [2.05, 4.69) is 25.7 Å². The van der Waals surface area contributed by atoms with Gasteiger partial charge in [0.1, 0.15) is 0 Å². The Bertz CT molecular complexity index is 151. The lowest BCUT2D eigenvalue weighted by atomic mass is 9.99. The molecule has 3 atom stereocenters. The lowest BCUT2D eigenvalue weighted by Crippen LogP contribution is -2.43. The fraction of sp³-hybridized carbons (Fsp3) is 1.00. The van der Waals surface area contributed by atoms with E-state index in [0.717, 1.165) is 24.0 Å². The number of hydrogen-bond donors (Lipinski definition) is 0. The van der Waals surface area contributed by atoms with Crippen molar-refractivity contribution in [1.29, 1.82) is 0 Å². The minimum absolute atomic E-state index is 0.764. The summed E-state index contributed by atoms with van der Waals surface area (Å²) >= 11 is 0. The van der Waals surface area contributed by atoms with Crippen LogP contribution in [0.15, 0.2) is 0 Å². The molecule has 0 amide bonds. The number of rotatable bonds is 1. The minimum atomic E-state index is 0.764. The molecule has 2 aliphatic rings. The Morgan fingerprint density at radius 2 is 2.00 bits per heavy atom. The first-order valence-corrected chi connectivity index (χ1v) is 4.97. The van der Waals surface area contributed by atoms with Gasteiger partial charge in [0.15, 0.2) is 0 Å². The summed E-state index contributed by atoms with van der Waals surface area (Å²) in [6.45, 7) is 7.07. The molecule has 1 heterocycles. The molecule has 0 N–H and O–H groups in total. The van der Waals surface area contributed by atoms with Crippen LogP contribution in [0.3, 0.4) is 0 Å². The molecule has 11 heavy (non-hydrogen) atoms. The topological polar surface area (TPSA) is 3.24 Å². The van der Waals surface area contributed by atoms with E-state index in [-0.39, 0.29) is 0 Å². The number of piperidine rings is 1. The number of nitrogens with zero attached hydrogens (tertiary/aromatic N) is 1. The summed E-state index contributed by atoms with van der Waals surface area (Å²) in [7, 11) is 0. The first-order chi connectivity index (χ1) is 5.20. The van der Waals surface area contributed by atoms with Crippen LogP contribution in [-0.2, 0) is 0 Å². The molecule has 1 saturated heterocycles. The van der Waals surface area contributed by atoms with E-state index in [4.69, 9.17) is 0 Å². The monoisotopic (exact) mass is 153 g/mol. The molecule has 0 aromatic rings. The average molecular weight is 153 g/mol. The predicted molar refractivity (Wildman–Crippen MR) is 47.6 cm³/mol. The van der Waals surface area contributed by atoms with Gasteiger partial charge in [-0.25, -0.2) is 0 Å². The fourth-order valence-corrected chi connectivity index (χ4v) is 3.17. The highest BCUT2D eigenvalue weighted by molar-refractivity contribution is 4.98. The third-order valence-corrected chi connectivity index (χ3v) is 3.62.